The summed E-state index contributed by atoms with van der Waals surface area (Å²) in [5, 5.41) is 4.07. The fraction of sp³-hybridized carbons (Fsp3) is 0.444. The summed E-state index contributed by atoms with van der Waals surface area (Å²) in [6.45, 7) is 10.2. The van der Waals surface area contributed by atoms with E-state index in [1.165, 1.54) is 0 Å². The lowest BCUT2D eigenvalue weighted by molar-refractivity contribution is 0.0910. The van der Waals surface area contributed by atoms with Crippen LogP contribution in [0.3, 0.4) is 0 Å². The van der Waals surface area contributed by atoms with Crippen molar-refractivity contribution in [2.45, 2.75) is 53.0 Å². The first kappa shape index (κ1) is 15.5. The van der Waals surface area contributed by atoms with Crippen molar-refractivity contribution in [3.63, 3.8) is 0 Å². The summed E-state index contributed by atoms with van der Waals surface area (Å²) >= 11 is 0. The third kappa shape index (κ3) is 3.60. The summed E-state index contributed by atoms with van der Waals surface area (Å²) in [7, 11) is 0. The van der Waals surface area contributed by atoms with Gasteiger partial charge in [-0.25, -0.2) is 0 Å². The number of aromatic nitrogens is 1. The molecular formula is C18H24N2O. The van der Waals surface area contributed by atoms with Crippen molar-refractivity contribution in [1.82, 2.24) is 10.3 Å². The van der Waals surface area contributed by atoms with E-state index in [0.717, 1.165) is 35.0 Å². The van der Waals surface area contributed by atoms with Crippen LogP contribution >= 0.6 is 0 Å². The van der Waals surface area contributed by atoms with Crippen molar-refractivity contribution in [2.24, 2.45) is 0 Å². The molecule has 0 aliphatic heterocycles. The number of pyridine rings is 1. The predicted molar refractivity (Wildman–Crippen MR) is 87.7 cm³/mol. The van der Waals surface area contributed by atoms with Gasteiger partial charge < -0.3 is 5.32 Å². The molecule has 0 spiro atoms. The quantitative estimate of drug-likeness (QED) is 0.916. The molecule has 3 nitrogen and oxygen atoms in total. The predicted octanol–water partition coefficient (Wildman–Crippen LogP) is 4.16. The molecule has 0 fully saturated rings. The number of carbonyl (C=O) groups excluding carboxylic acids is 1. The molecule has 112 valence electrons. The zero-order valence-electron chi connectivity index (χ0n) is 13.6. The maximum atomic E-state index is 12.7. The number of fused-ring (bicyclic) bond motifs is 1. The highest BCUT2D eigenvalue weighted by Crippen LogP contribution is 2.21. The van der Waals surface area contributed by atoms with Crippen LogP contribution in [-0.4, -0.2) is 16.4 Å². The Bertz CT molecular complexity index is 674. The van der Waals surface area contributed by atoms with E-state index in [1.807, 2.05) is 38.1 Å². The molecule has 0 saturated heterocycles. The minimum absolute atomic E-state index is 0.0189. The molecule has 3 heteroatoms. The molecule has 1 amide bonds. The third-order valence-electron chi connectivity index (χ3n) is 3.66. The van der Waals surface area contributed by atoms with E-state index in [2.05, 4.69) is 31.1 Å². The maximum Gasteiger partial charge on any atom is 0.252 e. The van der Waals surface area contributed by atoms with Gasteiger partial charge in [0.1, 0.15) is 0 Å². The van der Waals surface area contributed by atoms with Crippen LogP contribution in [-0.2, 0) is 0 Å². The Morgan fingerprint density at radius 3 is 2.62 bits per heavy atom. The summed E-state index contributed by atoms with van der Waals surface area (Å²) < 4.78 is 0. The van der Waals surface area contributed by atoms with Crippen molar-refractivity contribution >= 4 is 16.8 Å². The lowest BCUT2D eigenvalue weighted by atomic mass is 9.97. The molecule has 0 unspecified atom stereocenters. The number of benzene rings is 1. The standard InChI is InChI=1S/C18H24N2O/c1-6-9-18(4,5)20-17(21)15-11-13(3)19-16-8-7-12(2)10-14(15)16/h7-8,10-11H,6,9H2,1-5H3,(H,20,21). The highest BCUT2D eigenvalue weighted by atomic mass is 16.1. The third-order valence-corrected chi connectivity index (χ3v) is 3.66. The van der Waals surface area contributed by atoms with Crippen molar-refractivity contribution in [3.05, 3.63) is 41.1 Å². The molecule has 0 saturated carbocycles. The van der Waals surface area contributed by atoms with E-state index in [-0.39, 0.29) is 11.4 Å². The van der Waals surface area contributed by atoms with Gasteiger partial charge in [-0.2, -0.15) is 0 Å². The molecule has 1 N–H and O–H groups in total. The zero-order chi connectivity index (χ0) is 15.6. The number of aryl methyl sites for hydroxylation is 2. The van der Waals surface area contributed by atoms with E-state index in [1.54, 1.807) is 0 Å². The summed E-state index contributed by atoms with van der Waals surface area (Å²) in [5.41, 5.74) is 3.39. The van der Waals surface area contributed by atoms with Crippen LogP contribution in [0.5, 0.6) is 0 Å². The van der Waals surface area contributed by atoms with Gasteiger partial charge in [-0.3, -0.25) is 9.78 Å². The van der Waals surface area contributed by atoms with Gasteiger partial charge >= 0.3 is 0 Å². The number of hydrogen-bond acceptors (Lipinski definition) is 2. The Kier molecular flexibility index (Phi) is 4.31. The Hall–Kier alpha value is -1.90. The van der Waals surface area contributed by atoms with Gasteiger partial charge in [0.05, 0.1) is 11.1 Å². The molecule has 21 heavy (non-hydrogen) atoms. The summed E-state index contributed by atoms with van der Waals surface area (Å²) in [5.74, 6) is -0.0189. The van der Waals surface area contributed by atoms with E-state index < -0.39 is 0 Å². The Labute approximate surface area is 126 Å². The van der Waals surface area contributed by atoms with Crippen LogP contribution in [0.1, 0.15) is 55.2 Å². The van der Waals surface area contributed by atoms with Gasteiger partial charge in [-0.05, 0) is 52.3 Å². The number of amides is 1. The first-order valence-electron chi connectivity index (χ1n) is 7.53. The Balaban J connectivity index is 2.45. The van der Waals surface area contributed by atoms with Crippen LogP contribution in [0, 0.1) is 13.8 Å². The van der Waals surface area contributed by atoms with Crippen molar-refractivity contribution in [2.75, 3.05) is 0 Å². The van der Waals surface area contributed by atoms with Crippen LogP contribution in [0.2, 0.25) is 0 Å². The normalized spacial score (nSPS) is 11.7. The molecule has 2 aromatic rings. The van der Waals surface area contributed by atoms with Crippen molar-refractivity contribution in [3.8, 4) is 0 Å². The van der Waals surface area contributed by atoms with Crippen LogP contribution < -0.4 is 5.32 Å². The van der Waals surface area contributed by atoms with Crippen LogP contribution in [0.15, 0.2) is 24.3 Å². The topological polar surface area (TPSA) is 42.0 Å². The number of nitrogens with one attached hydrogen (secondary N) is 1. The van der Waals surface area contributed by atoms with E-state index in [4.69, 9.17) is 0 Å². The van der Waals surface area contributed by atoms with Crippen LogP contribution in [0.25, 0.3) is 10.9 Å². The largest absolute Gasteiger partial charge is 0.347 e. The molecule has 0 atom stereocenters. The number of carbonyl (C=O) groups is 1. The smallest absolute Gasteiger partial charge is 0.252 e. The lowest BCUT2D eigenvalue weighted by Crippen LogP contribution is -2.43. The molecule has 1 aromatic heterocycles. The van der Waals surface area contributed by atoms with E-state index >= 15 is 0 Å². The maximum absolute atomic E-state index is 12.7. The molecular weight excluding hydrogens is 260 g/mol. The monoisotopic (exact) mass is 284 g/mol. The second kappa shape index (κ2) is 5.84. The van der Waals surface area contributed by atoms with Crippen molar-refractivity contribution in [1.29, 1.82) is 0 Å². The fourth-order valence-electron chi connectivity index (χ4n) is 2.72. The molecule has 2 rings (SSSR count). The van der Waals surface area contributed by atoms with Gasteiger partial charge in [-0.15, -0.1) is 0 Å². The summed E-state index contributed by atoms with van der Waals surface area (Å²) in [4.78, 5) is 17.2. The Morgan fingerprint density at radius 1 is 1.24 bits per heavy atom. The number of hydrogen-bond donors (Lipinski definition) is 1. The zero-order valence-corrected chi connectivity index (χ0v) is 13.6. The van der Waals surface area contributed by atoms with E-state index in [9.17, 15) is 4.79 Å². The van der Waals surface area contributed by atoms with Gasteiger partial charge in [0, 0.05) is 16.6 Å². The SMILES string of the molecule is CCCC(C)(C)NC(=O)c1cc(C)nc2ccc(C)cc12. The van der Waals surface area contributed by atoms with Crippen molar-refractivity contribution < 1.29 is 4.79 Å². The van der Waals surface area contributed by atoms with Crippen LogP contribution in [0.4, 0.5) is 0 Å². The fourth-order valence-corrected chi connectivity index (χ4v) is 2.72. The summed E-state index contributed by atoms with van der Waals surface area (Å²) in [6, 6.07) is 7.91. The Morgan fingerprint density at radius 2 is 1.95 bits per heavy atom. The van der Waals surface area contributed by atoms with Gasteiger partial charge in [-0.1, -0.05) is 25.0 Å². The number of rotatable bonds is 4. The minimum Gasteiger partial charge on any atom is -0.347 e. The number of nitrogens with zero attached hydrogens (tertiary/aromatic N) is 1. The second-order valence-corrected chi connectivity index (χ2v) is 6.42. The minimum atomic E-state index is -0.195. The molecule has 0 aliphatic carbocycles. The second-order valence-electron chi connectivity index (χ2n) is 6.42. The lowest BCUT2D eigenvalue weighted by Gasteiger charge is -2.26. The first-order chi connectivity index (χ1) is 9.82. The average molecular weight is 284 g/mol. The highest BCUT2D eigenvalue weighted by Gasteiger charge is 2.21. The van der Waals surface area contributed by atoms with E-state index in [0.29, 0.717) is 5.56 Å². The molecule has 0 aliphatic rings. The molecule has 0 radical (unpaired) electrons. The van der Waals surface area contributed by atoms with Gasteiger partial charge in [0.25, 0.3) is 5.91 Å². The molecule has 0 bridgehead atoms. The first-order valence-corrected chi connectivity index (χ1v) is 7.53. The molecule has 1 aromatic carbocycles. The molecule has 1 heterocycles. The van der Waals surface area contributed by atoms with Gasteiger partial charge in [0.15, 0.2) is 0 Å². The summed E-state index contributed by atoms with van der Waals surface area (Å²) in [6.07, 6.45) is 2.00. The highest BCUT2D eigenvalue weighted by molar-refractivity contribution is 6.06. The average Bonchev–Trinajstić information content (AvgIpc) is 2.37. The van der Waals surface area contributed by atoms with Gasteiger partial charge in [0.2, 0.25) is 0 Å².